The predicted molar refractivity (Wildman–Crippen MR) is 68.8 cm³/mol. The van der Waals surface area contributed by atoms with E-state index in [0.717, 1.165) is 11.9 Å². The van der Waals surface area contributed by atoms with Crippen molar-refractivity contribution < 1.29 is 14.0 Å². The quantitative estimate of drug-likeness (QED) is 0.657. The monoisotopic (exact) mass is 238 g/mol. The van der Waals surface area contributed by atoms with Crippen molar-refractivity contribution in [3.05, 3.63) is 11.5 Å². The van der Waals surface area contributed by atoms with Crippen molar-refractivity contribution >= 4 is 7.12 Å². The Kier molecular flexibility index (Phi) is 2.96. The van der Waals surface area contributed by atoms with Crippen molar-refractivity contribution in [1.82, 2.24) is 0 Å². The van der Waals surface area contributed by atoms with Crippen LogP contribution in [0, 0.1) is 0 Å². The summed E-state index contributed by atoms with van der Waals surface area (Å²) in [6.45, 7) is 13.1. The van der Waals surface area contributed by atoms with Crippen molar-refractivity contribution in [3.8, 4) is 0 Å². The van der Waals surface area contributed by atoms with Crippen LogP contribution in [0.25, 0.3) is 0 Å². The number of hydrogen-bond acceptors (Lipinski definition) is 3. The van der Waals surface area contributed by atoms with Crippen LogP contribution >= 0.6 is 0 Å². The minimum absolute atomic E-state index is 0.0624. The summed E-state index contributed by atoms with van der Waals surface area (Å²) in [5.41, 5.74) is 0.507. The van der Waals surface area contributed by atoms with Crippen molar-refractivity contribution in [2.24, 2.45) is 0 Å². The Morgan fingerprint density at radius 2 is 1.53 bits per heavy atom. The molecule has 2 heterocycles. The molecule has 0 saturated carbocycles. The third-order valence-corrected chi connectivity index (χ3v) is 4.04. The van der Waals surface area contributed by atoms with Gasteiger partial charge in [0.25, 0.3) is 0 Å². The summed E-state index contributed by atoms with van der Waals surface area (Å²) in [6.07, 6.45) is 3.11. The second kappa shape index (κ2) is 3.84. The molecule has 0 aromatic rings. The molecule has 3 nitrogen and oxygen atoms in total. The highest BCUT2D eigenvalue weighted by Gasteiger charge is 2.52. The van der Waals surface area contributed by atoms with Gasteiger partial charge in [-0.15, -0.1) is 0 Å². The van der Waals surface area contributed by atoms with E-state index in [4.69, 9.17) is 14.0 Å². The number of hydrogen-bond donors (Lipinski definition) is 0. The van der Waals surface area contributed by atoms with Gasteiger partial charge in [0, 0.05) is 0 Å². The molecule has 0 spiro atoms. The molecule has 1 saturated heterocycles. The third kappa shape index (κ3) is 2.44. The Balaban J connectivity index is 2.10. The largest absolute Gasteiger partial charge is 0.492 e. The predicted octanol–water partition coefficient (Wildman–Crippen LogP) is 2.74. The molecule has 4 heteroatoms. The molecule has 0 radical (unpaired) electrons. The van der Waals surface area contributed by atoms with Gasteiger partial charge in [-0.05, 0) is 53.4 Å². The van der Waals surface area contributed by atoms with Crippen LogP contribution in [-0.4, -0.2) is 30.5 Å². The van der Waals surface area contributed by atoms with Crippen LogP contribution in [0.5, 0.6) is 0 Å². The Morgan fingerprint density at radius 3 is 1.94 bits per heavy atom. The molecule has 0 atom stereocenters. The maximum Gasteiger partial charge on any atom is 0.492 e. The van der Waals surface area contributed by atoms with E-state index in [1.54, 1.807) is 0 Å². The zero-order valence-corrected chi connectivity index (χ0v) is 11.8. The molecule has 1 fully saturated rings. The van der Waals surface area contributed by atoms with Gasteiger partial charge in [-0.25, -0.2) is 0 Å². The van der Waals surface area contributed by atoms with Crippen LogP contribution in [0.1, 0.15) is 48.0 Å². The van der Waals surface area contributed by atoms with Crippen molar-refractivity contribution in [1.29, 1.82) is 0 Å². The molecule has 2 aliphatic heterocycles. The van der Waals surface area contributed by atoms with E-state index >= 15 is 0 Å². The van der Waals surface area contributed by atoms with Gasteiger partial charge in [0.2, 0.25) is 0 Å². The highest BCUT2D eigenvalue weighted by molar-refractivity contribution is 6.54. The Hall–Kier alpha value is -0.315. The van der Waals surface area contributed by atoms with Crippen LogP contribution in [0.2, 0.25) is 0 Å². The first-order chi connectivity index (χ1) is 7.63. The highest BCUT2D eigenvalue weighted by Crippen LogP contribution is 2.39. The Labute approximate surface area is 105 Å². The second-order valence-electron chi connectivity index (χ2n) is 6.62. The Morgan fingerprint density at radius 1 is 1.00 bits per heavy atom. The summed E-state index contributed by atoms with van der Waals surface area (Å²) >= 11 is 0. The summed E-state index contributed by atoms with van der Waals surface area (Å²) in [5, 5.41) is 0. The first-order valence-electron chi connectivity index (χ1n) is 6.32. The molecular weight excluding hydrogens is 215 g/mol. The fourth-order valence-electron chi connectivity index (χ4n) is 1.93. The second-order valence-corrected chi connectivity index (χ2v) is 6.62. The lowest BCUT2D eigenvalue weighted by Gasteiger charge is -2.32. The molecule has 2 rings (SSSR count). The van der Waals surface area contributed by atoms with Gasteiger partial charge >= 0.3 is 7.12 Å². The van der Waals surface area contributed by atoms with Gasteiger partial charge in [0.1, 0.15) is 0 Å². The summed E-state index contributed by atoms with van der Waals surface area (Å²) in [7, 11) is -0.254. The minimum Gasteiger partial charge on any atom is -0.400 e. The first kappa shape index (κ1) is 13.1. The van der Waals surface area contributed by atoms with E-state index in [-0.39, 0.29) is 23.9 Å². The highest BCUT2D eigenvalue weighted by atomic mass is 16.7. The maximum atomic E-state index is 6.00. The van der Waals surface area contributed by atoms with E-state index in [0.29, 0.717) is 6.61 Å². The smallest absolute Gasteiger partial charge is 0.400 e. The lowest BCUT2D eigenvalue weighted by Crippen LogP contribution is -2.41. The molecule has 0 bridgehead atoms. The first-order valence-corrected chi connectivity index (χ1v) is 6.32. The maximum absolute atomic E-state index is 6.00. The number of rotatable bonds is 1. The lowest BCUT2D eigenvalue weighted by molar-refractivity contribution is -0.00963. The van der Waals surface area contributed by atoms with E-state index in [1.165, 1.54) is 0 Å². The van der Waals surface area contributed by atoms with Crippen molar-refractivity contribution in [2.45, 2.75) is 64.8 Å². The molecule has 17 heavy (non-hydrogen) atoms. The van der Waals surface area contributed by atoms with Gasteiger partial charge in [0.15, 0.2) is 0 Å². The zero-order valence-electron chi connectivity index (χ0n) is 11.8. The average Bonchev–Trinajstić information content (AvgIpc) is 2.35. The van der Waals surface area contributed by atoms with E-state index in [2.05, 4.69) is 47.6 Å². The molecule has 0 aromatic carbocycles. The molecule has 2 aliphatic rings. The van der Waals surface area contributed by atoms with E-state index in [9.17, 15) is 0 Å². The molecule has 0 aliphatic carbocycles. The fraction of sp³-hybridized carbons (Fsp3) is 0.846. The van der Waals surface area contributed by atoms with Crippen LogP contribution < -0.4 is 0 Å². The summed E-state index contributed by atoms with van der Waals surface area (Å²) in [6, 6.07) is 0. The van der Waals surface area contributed by atoms with E-state index in [1.807, 2.05) is 0 Å². The summed E-state index contributed by atoms with van der Waals surface area (Å²) < 4.78 is 17.8. The molecule has 0 aromatic heterocycles. The average molecular weight is 238 g/mol. The summed E-state index contributed by atoms with van der Waals surface area (Å²) in [4.78, 5) is 0. The molecular formula is C13H23BO3. The minimum atomic E-state index is -0.272. The van der Waals surface area contributed by atoms with Crippen LogP contribution in [0.4, 0.5) is 0 Å². The molecule has 96 valence electrons. The van der Waals surface area contributed by atoms with Crippen molar-refractivity contribution in [3.63, 3.8) is 0 Å². The topological polar surface area (TPSA) is 27.7 Å². The Bertz CT molecular complexity index is 329. The van der Waals surface area contributed by atoms with Crippen LogP contribution in [0.3, 0.4) is 0 Å². The van der Waals surface area contributed by atoms with Crippen molar-refractivity contribution in [2.75, 3.05) is 6.61 Å². The molecule has 0 amide bonds. The fourth-order valence-corrected chi connectivity index (χ4v) is 1.93. The zero-order chi connectivity index (χ0) is 12.9. The SMILES string of the molecule is CC1(C)CC=C(B2OC(C)(C)C(C)(C)O2)CO1. The van der Waals surface area contributed by atoms with Crippen LogP contribution in [0.15, 0.2) is 11.5 Å². The summed E-state index contributed by atoms with van der Waals surface area (Å²) in [5.74, 6) is 0. The number of ether oxygens (including phenoxy) is 1. The van der Waals surface area contributed by atoms with Gasteiger partial charge < -0.3 is 14.0 Å². The molecule has 0 N–H and O–H groups in total. The van der Waals surface area contributed by atoms with Gasteiger partial charge in [0.05, 0.1) is 23.4 Å². The van der Waals surface area contributed by atoms with Gasteiger partial charge in [-0.3, -0.25) is 0 Å². The standard InChI is InChI=1S/C13H23BO3/c1-11(2)8-7-10(9-15-11)14-16-12(3,4)13(5,6)17-14/h7H,8-9H2,1-6H3. The lowest BCUT2D eigenvalue weighted by atomic mass is 9.76. The van der Waals surface area contributed by atoms with Gasteiger partial charge in [-0.2, -0.15) is 0 Å². The van der Waals surface area contributed by atoms with E-state index < -0.39 is 0 Å². The molecule has 0 unspecified atom stereocenters. The van der Waals surface area contributed by atoms with Crippen LogP contribution in [-0.2, 0) is 14.0 Å². The normalized spacial score (nSPS) is 30.2. The van der Waals surface area contributed by atoms with Gasteiger partial charge in [-0.1, -0.05) is 6.08 Å². The third-order valence-electron chi connectivity index (χ3n) is 4.04.